The van der Waals surface area contributed by atoms with Gasteiger partial charge in [-0.15, -0.1) is 0 Å². The van der Waals surface area contributed by atoms with Crippen molar-refractivity contribution in [2.75, 3.05) is 18.4 Å². The average Bonchev–Trinajstić information content (AvgIpc) is 2.39. The van der Waals surface area contributed by atoms with E-state index in [1.807, 2.05) is 13.8 Å². The van der Waals surface area contributed by atoms with Crippen LogP contribution in [0, 0.1) is 0 Å². The molecular weight excluding hydrogens is 401 g/mol. The molecule has 1 aromatic rings. The maximum atomic E-state index is 12.8. The zero-order chi connectivity index (χ0) is 15.8. The number of alkyl halides is 1. The van der Waals surface area contributed by atoms with Gasteiger partial charge in [0, 0.05) is 18.4 Å². The van der Waals surface area contributed by atoms with Crippen LogP contribution in [0.5, 0.6) is 0 Å². The highest BCUT2D eigenvalue weighted by Gasteiger charge is 2.39. The van der Waals surface area contributed by atoms with Crippen molar-refractivity contribution >= 4 is 49.2 Å². The minimum absolute atomic E-state index is 0.142. The number of sulfonamides is 1. The normalized spacial score (nSPS) is 23.2. The number of nitrogens with zero attached hydrogens (tertiary/aromatic N) is 1. The van der Waals surface area contributed by atoms with Gasteiger partial charge >= 0.3 is 0 Å². The van der Waals surface area contributed by atoms with Gasteiger partial charge in [-0.2, -0.15) is 4.31 Å². The zero-order valence-corrected chi connectivity index (χ0v) is 15.6. The van der Waals surface area contributed by atoms with Crippen LogP contribution in [0.25, 0.3) is 0 Å². The van der Waals surface area contributed by atoms with Crippen LogP contribution in [-0.4, -0.2) is 42.8 Å². The number of ether oxygens (including phenoxy) is 1. The van der Waals surface area contributed by atoms with Gasteiger partial charge in [-0.25, -0.2) is 8.42 Å². The summed E-state index contributed by atoms with van der Waals surface area (Å²) in [7, 11) is -3.63. The fourth-order valence-electron chi connectivity index (χ4n) is 2.29. The molecule has 0 saturated carbocycles. The molecular formula is C13H16BrCl2NO3S. The van der Waals surface area contributed by atoms with Gasteiger partial charge in [0.15, 0.2) is 0 Å². The van der Waals surface area contributed by atoms with Gasteiger partial charge < -0.3 is 4.74 Å². The number of hydrogen-bond acceptors (Lipinski definition) is 3. The van der Waals surface area contributed by atoms with Gasteiger partial charge in [0.25, 0.3) is 0 Å². The van der Waals surface area contributed by atoms with E-state index in [0.29, 0.717) is 23.4 Å². The van der Waals surface area contributed by atoms with E-state index in [2.05, 4.69) is 15.9 Å². The molecule has 0 bridgehead atoms. The summed E-state index contributed by atoms with van der Waals surface area (Å²) in [5, 5.41) is 1.13. The fourth-order valence-corrected chi connectivity index (χ4v) is 4.64. The topological polar surface area (TPSA) is 46.6 Å². The smallest absolute Gasteiger partial charge is 0.243 e. The van der Waals surface area contributed by atoms with Crippen LogP contribution in [0.2, 0.25) is 10.0 Å². The Bertz CT molecular complexity index is 636. The summed E-state index contributed by atoms with van der Waals surface area (Å²) in [6.07, 6.45) is -0.189. The highest BCUT2D eigenvalue weighted by atomic mass is 79.9. The van der Waals surface area contributed by atoms with E-state index < -0.39 is 15.6 Å². The lowest BCUT2D eigenvalue weighted by Gasteiger charge is -2.41. The monoisotopic (exact) mass is 415 g/mol. The standard InChI is InChI=1S/C13H16BrCl2NO3S/c1-13(2)8-17(7-9(6-14)20-13)21(18,19)10-3-4-11(15)12(16)5-10/h3-5,9H,6-8H2,1-2H3. The van der Waals surface area contributed by atoms with E-state index in [9.17, 15) is 8.42 Å². The van der Waals surface area contributed by atoms with Crippen molar-refractivity contribution in [2.24, 2.45) is 0 Å². The SMILES string of the molecule is CC1(C)CN(S(=O)(=O)c2ccc(Cl)c(Cl)c2)CC(CBr)O1. The van der Waals surface area contributed by atoms with Gasteiger partial charge in [0.2, 0.25) is 10.0 Å². The lowest BCUT2D eigenvalue weighted by molar-refractivity contribution is -0.106. The molecule has 1 fully saturated rings. The Labute approximate surface area is 143 Å². The Morgan fingerprint density at radius 3 is 2.62 bits per heavy atom. The van der Waals surface area contributed by atoms with Crippen LogP contribution >= 0.6 is 39.1 Å². The van der Waals surface area contributed by atoms with E-state index in [1.165, 1.54) is 22.5 Å². The number of benzene rings is 1. The van der Waals surface area contributed by atoms with Gasteiger partial charge in [0.05, 0.1) is 26.6 Å². The molecule has 2 rings (SSSR count). The number of halogens is 3. The quantitative estimate of drug-likeness (QED) is 0.707. The first-order valence-corrected chi connectivity index (χ1v) is 9.66. The van der Waals surface area contributed by atoms with E-state index in [-0.39, 0.29) is 16.0 Å². The molecule has 118 valence electrons. The molecule has 8 heteroatoms. The van der Waals surface area contributed by atoms with E-state index in [4.69, 9.17) is 27.9 Å². The Morgan fingerprint density at radius 1 is 1.38 bits per heavy atom. The molecule has 0 aromatic heterocycles. The summed E-state index contributed by atoms with van der Waals surface area (Å²) >= 11 is 15.1. The third kappa shape index (κ3) is 3.92. The lowest BCUT2D eigenvalue weighted by atomic mass is 10.1. The second kappa shape index (κ2) is 6.34. The van der Waals surface area contributed by atoms with Crippen LogP contribution in [0.1, 0.15) is 13.8 Å². The molecule has 0 spiro atoms. The molecule has 0 aliphatic carbocycles. The van der Waals surface area contributed by atoms with Crippen molar-refractivity contribution in [3.05, 3.63) is 28.2 Å². The summed E-state index contributed by atoms with van der Waals surface area (Å²) < 4.78 is 32.8. The largest absolute Gasteiger partial charge is 0.369 e. The lowest BCUT2D eigenvalue weighted by Crippen LogP contribution is -2.54. The number of morpholine rings is 1. The minimum Gasteiger partial charge on any atom is -0.369 e. The van der Waals surface area contributed by atoms with Gasteiger partial charge in [-0.3, -0.25) is 0 Å². The Morgan fingerprint density at radius 2 is 2.05 bits per heavy atom. The van der Waals surface area contributed by atoms with Gasteiger partial charge in [0.1, 0.15) is 0 Å². The molecule has 1 aliphatic heterocycles. The third-order valence-electron chi connectivity index (χ3n) is 3.15. The molecule has 1 saturated heterocycles. The fraction of sp³-hybridized carbons (Fsp3) is 0.538. The van der Waals surface area contributed by atoms with Crippen molar-refractivity contribution in [3.8, 4) is 0 Å². The summed E-state index contributed by atoms with van der Waals surface area (Å²) in [6, 6.07) is 4.34. The second-order valence-electron chi connectivity index (χ2n) is 5.53. The first-order valence-electron chi connectivity index (χ1n) is 6.35. The summed E-state index contributed by atoms with van der Waals surface area (Å²) in [5.41, 5.74) is -0.542. The molecule has 0 N–H and O–H groups in total. The van der Waals surface area contributed by atoms with Crippen molar-refractivity contribution < 1.29 is 13.2 Å². The van der Waals surface area contributed by atoms with E-state index in [0.717, 1.165) is 0 Å². The molecule has 1 heterocycles. The number of hydrogen-bond donors (Lipinski definition) is 0. The average molecular weight is 417 g/mol. The molecule has 0 radical (unpaired) electrons. The van der Waals surface area contributed by atoms with Crippen molar-refractivity contribution in [1.29, 1.82) is 0 Å². The van der Waals surface area contributed by atoms with E-state index >= 15 is 0 Å². The van der Waals surface area contributed by atoms with E-state index in [1.54, 1.807) is 0 Å². The minimum atomic E-state index is -3.63. The van der Waals surface area contributed by atoms with Crippen molar-refractivity contribution in [1.82, 2.24) is 4.31 Å². The first kappa shape index (κ1) is 17.5. The van der Waals surface area contributed by atoms with Crippen LogP contribution in [0.3, 0.4) is 0 Å². The van der Waals surface area contributed by atoms with Crippen LogP contribution in [-0.2, 0) is 14.8 Å². The first-order chi connectivity index (χ1) is 9.65. The predicted molar refractivity (Wildman–Crippen MR) is 88.0 cm³/mol. The van der Waals surface area contributed by atoms with Crippen LogP contribution in [0.4, 0.5) is 0 Å². The maximum Gasteiger partial charge on any atom is 0.243 e. The highest BCUT2D eigenvalue weighted by molar-refractivity contribution is 9.09. The molecule has 4 nitrogen and oxygen atoms in total. The molecule has 0 amide bonds. The Balaban J connectivity index is 2.36. The maximum absolute atomic E-state index is 12.8. The van der Waals surface area contributed by atoms with Crippen molar-refractivity contribution in [2.45, 2.75) is 30.4 Å². The summed E-state index contributed by atoms with van der Waals surface area (Å²) in [4.78, 5) is 0.142. The predicted octanol–water partition coefficient (Wildman–Crippen LogP) is 3.56. The zero-order valence-electron chi connectivity index (χ0n) is 11.6. The molecule has 1 aliphatic rings. The van der Waals surface area contributed by atoms with Crippen LogP contribution < -0.4 is 0 Å². The summed E-state index contributed by atoms with van der Waals surface area (Å²) in [6.45, 7) is 4.34. The number of rotatable bonds is 3. The second-order valence-corrected chi connectivity index (χ2v) is 8.93. The Kier molecular flexibility index (Phi) is 5.28. The Hall–Kier alpha value is 0.150. The molecule has 1 atom stereocenters. The molecule has 21 heavy (non-hydrogen) atoms. The van der Waals surface area contributed by atoms with Crippen LogP contribution in [0.15, 0.2) is 23.1 Å². The van der Waals surface area contributed by atoms with Gasteiger partial charge in [-0.1, -0.05) is 39.1 Å². The highest BCUT2D eigenvalue weighted by Crippen LogP contribution is 2.30. The molecule has 1 unspecified atom stereocenters. The van der Waals surface area contributed by atoms with Crippen molar-refractivity contribution in [3.63, 3.8) is 0 Å². The van der Waals surface area contributed by atoms with Gasteiger partial charge in [-0.05, 0) is 32.0 Å². The molecule has 1 aromatic carbocycles. The third-order valence-corrected chi connectivity index (χ3v) is 6.42. The summed E-state index contributed by atoms with van der Waals surface area (Å²) in [5.74, 6) is 0.